The summed E-state index contributed by atoms with van der Waals surface area (Å²) < 4.78 is 5.39. The summed E-state index contributed by atoms with van der Waals surface area (Å²) in [5.41, 5.74) is 1.43. The van der Waals surface area contributed by atoms with Crippen molar-refractivity contribution in [1.29, 1.82) is 0 Å². The van der Waals surface area contributed by atoms with Gasteiger partial charge in [0.15, 0.2) is 0 Å². The maximum atomic E-state index is 12.6. The summed E-state index contributed by atoms with van der Waals surface area (Å²) in [5.74, 6) is 1.20. The molecule has 2 aliphatic rings. The van der Waals surface area contributed by atoms with Crippen molar-refractivity contribution in [2.45, 2.75) is 56.5 Å². The van der Waals surface area contributed by atoms with Crippen LogP contribution in [-0.2, 0) is 5.60 Å². The van der Waals surface area contributed by atoms with Gasteiger partial charge in [-0.3, -0.25) is 0 Å². The number of aliphatic hydroxyl groups is 1. The highest BCUT2D eigenvalue weighted by Crippen LogP contribution is 2.49. The number of likely N-dealkylation sites (tertiary alicyclic amines) is 1. The largest absolute Gasteiger partial charge is 0.497 e. The van der Waals surface area contributed by atoms with Gasteiger partial charge in [-0.2, -0.15) is 0 Å². The van der Waals surface area contributed by atoms with Crippen LogP contribution in [0.5, 0.6) is 5.75 Å². The predicted octanol–water partition coefficient (Wildman–Crippen LogP) is 5.34. The Morgan fingerprint density at radius 2 is 1.59 bits per heavy atom. The first-order valence-electron chi connectivity index (χ1n) is 11.4. The van der Waals surface area contributed by atoms with E-state index < -0.39 is 5.60 Å². The van der Waals surface area contributed by atoms with Crippen LogP contribution in [0.4, 0.5) is 0 Å². The molecule has 0 bridgehead atoms. The monoisotopic (exact) mass is 393 g/mol. The zero-order chi connectivity index (χ0) is 20.1. The Bertz CT molecular complexity index is 748. The standard InChI is InChI=1S/C26H35NO2/c1-29-24-16-14-23(15-17-24)26(28,22-12-6-3-7-13-22)25(20-27-18-8-9-19-27)21-10-4-2-5-11-21/h2,4-5,10-11,14-17,22,25,28H,3,6-9,12-13,18-20H2,1H3/t25-,26+/m1/s1. The minimum absolute atomic E-state index is 0.0679. The molecule has 3 nitrogen and oxygen atoms in total. The van der Waals surface area contributed by atoms with Gasteiger partial charge in [0.05, 0.1) is 7.11 Å². The van der Waals surface area contributed by atoms with Crippen LogP contribution in [0.1, 0.15) is 62.0 Å². The van der Waals surface area contributed by atoms with Crippen molar-refractivity contribution in [2.24, 2.45) is 5.92 Å². The highest BCUT2D eigenvalue weighted by atomic mass is 16.5. The average Bonchev–Trinajstić information content (AvgIpc) is 3.32. The maximum absolute atomic E-state index is 12.6. The third kappa shape index (κ3) is 4.36. The second kappa shape index (κ2) is 9.32. The van der Waals surface area contributed by atoms with Crippen LogP contribution in [-0.4, -0.2) is 36.8 Å². The van der Waals surface area contributed by atoms with Crippen molar-refractivity contribution in [2.75, 3.05) is 26.7 Å². The summed E-state index contributed by atoms with van der Waals surface area (Å²) in [6.45, 7) is 3.21. The first-order valence-corrected chi connectivity index (χ1v) is 11.4. The van der Waals surface area contributed by atoms with Gasteiger partial charge in [0, 0.05) is 12.5 Å². The molecular formula is C26H35NO2. The van der Waals surface area contributed by atoms with Crippen molar-refractivity contribution >= 4 is 0 Å². The van der Waals surface area contributed by atoms with Crippen LogP contribution < -0.4 is 4.74 Å². The maximum Gasteiger partial charge on any atom is 0.118 e. The molecule has 2 aromatic rings. The number of rotatable bonds is 7. The molecule has 1 saturated heterocycles. The second-order valence-electron chi connectivity index (χ2n) is 8.86. The summed E-state index contributed by atoms with van der Waals surface area (Å²) in [5, 5.41) is 12.6. The highest BCUT2D eigenvalue weighted by molar-refractivity contribution is 5.36. The van der Waals surface area contributed by atoms with Gasteiger partial charge in [-0.15, -0.1) is 0 Å². The van der Waals surface area contributed by atoms with Gasteiger partial charge < -0.3 is 14.7 Å². The molecule has 1 N–H and O–H groups in total. The van der Waals surface area contributed by atoms with E-state index >= 15 is 0 Å². The second-order valence-corrected chi connectivity index (χ2v) is 8.86. The third-order valence-corrected chi connectivity index (χ3v) is 7.15. The van der Waals surface area contributed by atoms with E-state index in [0.717, 1.165) is 43.8 Å². The van der Waals surface area contributed by atoms with Crippen LogP contribution >= 0.6 is 0 Å². The summed E-state index contributed by atoms with van der Waals surface area (Å²) in [6, 6.07) is 18.9. The fourth-order valence-corrected chi connectivity index (χ4v) is 5.53. The van der Waals surface area contributed by atoms with E-state index in [1.807, 2.05) is 12.1 Å². The number of hydrogen-bond donors (Lipinski definition) is 1. The Hall–Kier alpha value is -1.84. The summed E-state index contributed by atoms with van der Waals surface area (Å²) >= 11 is 0. The quantitative estimate of drug-likeness (QED) is 0.689. The lowest BCUT2D eigenvalue weighted by Gasteiger charge is -2.46. The minimum Gasteiger partial charge on any atom is -0.497 e. The van der Waals surface area contributed by atoms with Crippen molar-refractivity contribution in [1.82, 2.24) is 4.90 Å². The van der Waals surface area contributed by atoms with E-state index in [2.05, 4.69) is 47.4 Å². The van der Waals surface area contributed by atoms with Crippen LogP contribution in [0, 0.1) is 5.92 Å². The summed E-state index contributed by atoms with van der Waals surface area (Å²) in [7, 11) is 1.70. The molecule has 0 aromatic heterocycles. The topological polar surface area (TPSA) is 32.7 Å². The van der Waals surface area contributed by atoms with Gasteiger partial charge in [-0.05, 0) is 68.0 Å². The number of nitrogens with zero attached hydrogens (tertiary/aromatic N) is 1. The molecule has 156 valence electrons. The van der Waals surface area contributed by atoms with Gasteiger partial charge in [-0.1, -0.05) is 61.7 Å². The van der Waals surface area contributed by atoms with E-state index in [0.29, 0.717) is 0 Å². The molecule has 0 radical (unpaired) electrons. The number of ether oxygens (including phenoxy) is 1. The van der Waals surface area contributed by atoms with Gasteiger partial charge in [0.1, 0.15) is 11.4 Å². The van der Waals surface area contributed by atoms with Crippen molar-refractivity contribution in [3.05, 3.63) is 65.7 Å². The molecule has 2 aromatic carbocycles. The molecule has 1 heterocycles. The summed E-state index contributed by atoms with van der Waals surface area (Å²) in [6.07, 6.45) is 8.47. The zero-order valence-corrected chi connectivity index (χ0v) is 17.7. The molecule has 2 atom stereocenters. The van der Waals surface area contributed by atoms with E-state index in [4.69, 9.17) is 4.74 Å². The first kappa shape index (κ1) is 20.4. The fraction of sp³-hybridized carbons (Fsp3) is 0.538. The molecule has 0 unspecified atom stereocenters. The lowest BCUT2D eigenvalue weighted by molar-refractivity contribution is -0.0690. The lowest BCUT2D eigenvalue weighted by atomic mass is 9.65. The molecule has 0 amide bonds. The molecule has 4 rings (SSSR count). The molecule has 1 saturated carbocycles. The molecule has 2 fully saturated rings. The predicted molar refractivity (Wildman–Crippen MR) is 118 cm³/mol. The Morgan fingerprint density at radius 3 is 2.21 bits per heavy atom. The van der Waals surface area contributed by atoms with E-state index in [1.54, 1.807) is 7.11 Å². The van der Waals surface area contributed by atoms with Crippen molar-refractivity contribution < 1.29 is 9.84 Å². The van der Waals surface area contributed by atoms with E-state index in [-0.39, 0.29) is 11.8 Å². The Kier molecular flexibility index (Phi) is 6.56. The van der Waals surface area contributed by atoms with Crippen LogP contribution in [0.3, 0.4) is 0 Å². The first-order chi connectivity index (χ1) is 14.2. The SMILES string of the molecule is COc1ccc([C@@](O)(C2CCCCC2)[C@H](CN2CCCC2)c2ccccc2)cc1. The van der Waals surface area contributed by atoms with Gasteiger partial charge in [0.2, 0.25) is 0 Å². The summed E-state index contributed by atoms with van der Waals surface area (Å²) in [4.78, 5) is 2.55. The molecular weight excluding hydrogens is 358 g/mol. The van der Waals surface area contributed by atoms with E-state index in [9.17, 15) is 5.11 Å². The highest BCUT2D eigenvalue weighted by Gasteiger charge is 2.46. The van der Waals surface area contributed by atoms with Crippen LogP contribution in [0.2, 0.25) is 0 Å². The van der Waals surface area contributed by atoms with Crippen molar-refractivity contribution in [3.8, 4) is 5.75 Å². The smallest absolute Gasteiger partial charge is 0.118 e. The lowest BCUT2D eigenvalue weighted by Crippen LogP contribution is -2.46. The van der Waals surface area contributed by atoms with Crippen LogP contribution in [0.25, 0.3) is 0 Å². The molecule has 29 heavy (non-hydrogen) atoms. The average molecular weight is 394 g/mol. The third-order valence-electron chi connectivity index (χ3n) is 7.15. The normalized spacial score (nSPS) is 21.6. The van der Waals surface area contributed by atoms with E-state index in [1.165, 1.54) is 37.7 Å². The Morgan fingerprint density at radius 1 is 0.931 bits per heavy atom. The number of benzene rings is 2. The minimum atomic E-state index is -0.864. The molecule has 3 heteroatoms. The Balaban J connectivity index is 1.77. The number of hydrogen-bond acceptors (Lipinski definition) is 3. The van der Waals surface area contributed by atoms with Crippen LogP contribution in [0.15, 0.2) is 54.6 Å². The van der Waals surface area contributed by atoms with Gasteiger partial charge >= 0.3 is 0 Å². The number of methoxy groups -OCH3 is 1. The zero-order valence-electron chi connectivity index (χ0n) is 17.7. The Labute approximate surface area is 175 Å². The van der Waals surface area contributed by atoms with Gasteiger partial charge in [-0.25, -0.2) is 0 Å². The van der Waals surface area contributed by atoms with Crippen molar-refractivity contribution in [3.63, 3.8) is 0 Å². The van der Waals surface area contributed by atoms with Gasteiger partial charge in [0.25, 0.3) is 0 Å². The molecule has 0 spiro atoms. The fourth-order valence-electron chi connectivity index (χ4n) is 5.53. The molecule has 1 aliphatic heterocycles. The molecule has 1 aliphatic carbocycles.